The first-order valence-electron chi connectivity index (χ1n) is 17.6. The third-order valence-corrected chi connectivity index (χ3v) is 12.0. The fourth-order valence-electron chi connectivity index (χ4n) is 5.66. The van der Waals surface area contributed by atoms with E-state index in [-0.39, 0.29) is 42.4 Å². The molecule has 0 aliphatic rings. The van der Waals surface area contributed by atoms with Crippen LogP contribution in [0.15, 0.2) is 0 Å². The van der Waals surface area contributed by atoms with Crippen molar-refractivity contribution in [3.05, 3.63) is 0 Å². The molecule has 1 atom stereocenters. The van der Waals surface area contributed by atoms with Crippen molar-refractivity contribution in [1.29, 1.82) is 0 Å². The summed E-state index contributed by atoms with van der Waals surface area (Å²) < 4.78 is 382. The first kappa shape index (κ1) is 72.8. The summed E-state index contributed by atoms with van der Waals surface area (Å²) in [6, 6.07) is 0. The van der Waals surface area contributed by atoms with Gasteiger partial charge >= 0.3 is 151 Å². The van der Waals surface area contributed by atoms with E-state index in [1.54, 1.807) is 0 Å². The van der Waals surface area contributed by atoms with Crippen LogP contribution in [0.2, 0.25) is 0 Å². The molecule has 1 unspecified atom stereocenters. The zero-order chi connectivity index (χ0) is 55.5. The van der Waals surface area contributed by atoms with Gasteiger partial charge in [-0.05, 0) is 6.42 Å². The topological polar surface area (TPSA) is 636 Å². The van der Waals surface area contributed by atoms with Gasteiger partial charge < -0.3 is 0 Å². The SMILES string of the molecule is CCCCCCCCCCCCCCCC(OS(=O)(=O)O)C(OS(=O)(=O)O)(OS(=O)(=O)O)C(OS(=O)(=O)O)(OS(=O)(=O)O)C(OS(=O)(=O)O)(OS(=O)(=O)O)C(OS(=O)(=O)O)(OS(=O)(=O)O)OS(=O)(=O)O.[NaH]. The van der Waals surface area contributed by atoms with E-state index < -0.39 is 153 Å². The van der Waals surface area contributed by atoms with Gasteiger partial charge in [-0.1, -0.05) is 90.4 Å². The van der Waals surface area contributed by atoms with Crippen molar-refractivity contribution in [3.63, 3.8) is 0 Å². The number of unbranched alkanes of at least 4 members (excludes halogenated alkanes) is 12. The number of hydrogen-bond donors (Lipinski definition) is 10. The second kappa shape index (κ2) is 26.8. The van der Waals surface area contributed by atoms with Crippen LogP contribution in [0.4, 0.5) is 0 Å². The predicted molar refractivity (Wildman–Crippen MR) is 219 cm³/mol. The van der Waals surface area contributed by atoms with Crippen LogP contribution < -0.4 is 0 Å². The van der Waals surface area contributed by atoms with Crippen molar-refractivity contribution >= 4 is 134 Å². The molecule has 0 amide bonds. The van der Waals surface area contributed by atoms with E-state index in [0.717, 1.165) is 38.5 Å². The van der Waals surface area contributed by atoms with E-state index in [1.807, 2.05) is 6.92 Å². The summed E-state index contributed by atoms with van der Waals surface area (Å²) in [5.41, 5.74) is 0. The van der Waals surface area contributed by atoms with Crippen LogP contribution in [0.1, 0.15) is 96.8 Å². The number of rotatable bonds is 38. The molecule has 51 heteroatoms. The quantitative estimate of drug-likeness (QED) is 0.0128. The van der Waals surface area contributed by atoms with Crippen LogP contribution in [-0.4, -0.2) is 189 Å². The normalized spacial score (nSPS) is 15.3. The van der Waals surface area contributed by atoms with Crippen molar-refractivity contribution < 1.29 is 172 Å². The first-order chi connectivity index (χ1) is 30.8. The van der Waals surface area contributed by atoms with Crippen LogP contribution in [-0.2, 0) is 146 Å². The standard InChI is InChI=1S/C20H42O40S10.Na.H/c1-2-3-4-5-6-7-8-9-10-11-12-13-14-15-16(51-61(21,22)23)17(52-62(24,25)26,53-63(27,28)29)18(54-64(30,31)32,55-65(33,34)35)19(56-66(36,37)38,57-67(39,40)41)20(58-68(42,43)44,59-69(45,46)47)60-70(48,49)50;;/h16H,2-15H2,1H3,(H,21,22,23)(H,24,25,26)(H,27,28,29)(H,30,31,32)(H,33,34,35)(H,36,37,38)(H,39,40,41)(H,42,43,44)(H,45,46,47)(H,48,49,50);;. The molecule has 0 fully saturated rings. The van der Waals surface area contributed by atoms with Gasteiger partial charge in [0.05, 0.1) is 0 Å². The summed E-state index contributed by atoms with van der Waals surface area (Å²) in [6.45, 7) is 1.98. The second-order valence-electron chi connectivity index (χ2n) is 13.1. The van der Waals surface area contributed by atoms with Gasteiger partial charge in [-0.15, -0.1) is 0 Å². The molecule has 0 aliphatic carbocycles. The van der Waals surface area contributed by atoms with Gasteiger partial charge in [-0.3, -0.25) is 45.5 Å². The molecule has 10 N–H and O–H groups in total. The van der Waals surface area contributed by atoms with Gasteiger partial charge in [0.25, 0.3) is 5.79 Å². The third kappa shape index (κ3) is 28.1. The zero-order valence-electron chi connectivity index (χ0n) is 34.3. The maximum atomic E-state index is 12.7. The Kier molecular flexibility index (Phi) is 27.5. The molecule has 0 heterocycles. The summed E-state index contributed by atoms with van der Waals surface area (Å²) in [6.07, 6.45) is -2.34. The molecular formula is C20H43NaO40S10. The Morgan fingerprint density at radius 2 is 0.535 bits per heavy atom. The van der Waals surface area contributed by atoms with Gasteiger partial charge in [0.2, 0.25) is 0 Å². The fourth-order valence-corrected chi connectivity index (χ4v) is 11.1. The Morgan fingerprint density at radius 1 is 0.310 bits per heavy atom. The molecule has 0 bridgehead atoms. The molecule has 0 saturated carbocycles. The summed E-state index contributed by atoms with van der Waals surface area (Å²) in [5, 5.41) is 0. The van der Waals surface area contributed by atoms with Crippen molar-refractivity contribution in [2.45, 2.75) is 126 Å². The van der Waals surface area contributed by atoms with Crippen molar-refractivity contribution in [3.8, 4) is 0 Å². The molecule has 0 aromatic heterocycles. The second-order valence-corrected chi connectivity index (χ2v) is 23.3. The van der Waals surface area contributed by atoms with Gasteiger partial charge in [-0.25, -0.2) is 12.5 Å². The average molecular weight is 1270 g/mol. The van der Waals surface area contributed by atoms with Crippen LogP contribution in [0, 0.1) is 0 Å². The summed E-state index contributed by atoms with van der Waals surface area (Å²) in [4.78, 5) is 0. The molecule has 0 aliphatic heterocycles. The van der Waals surface area contributed by atoms with Gasteiger partial charge in [0.1, 0.15) is 6.10 Å². The Morgan fingerprint density at radius 3 is 0.761 bits per heavy atom. The van der Waals surface area contributed by atoms with E-state index in [0.29, 0.717) is 19.3 Å². The molecule has 71 heavy (non-hydrogen) atoms. The van der Waals surface area contributed by atoms with Gasteiger partial charge in [-0.2, -0.15) is 113 Å². The molecule has 40 nitrogen and oxygen atoms in total. The minimum absolute atomic E-state index is 0. The van der Waals surface area contributed by atoms with Gasteiger partial charge in [0, 0.05) is 0 Å². The molecule has 0 saturated heterocycles. The van der Waals surface area contributed by atoms with Gasteiger partial charge in [0.15, 0.2) is 0 Å². The molecule has 0 aromatic rings. The Bertz CT molecular complexity index is 2730. The van der Waals surface area contributed by atoms with Crippen molar-refractivity contribution in [2.24, 2.45) is 0 Å². The monoisotopic (exact) mass is 1270 g/mol. The summed E-state index contributed by atoms with van der Waals surface area (Å²) in [5.74, 6) is -30.0. The maximum absolute atomic E-state index is 12.7. The van der Waals surface area contributed by atoms with Crippen LogP contribution in [0.3, 0.4) is 0 Å². The predicted octanol–water partition coefficient (Wildman–Crippen LogP) is -2.88. The number of hydrogen-bond acceptors (Lipinski definition) is 30. The molecule has 424 valence electrons. The summed E-state index contributed by atoms with van der Waals surface area (Å²) in [7, 11) is -78.2. The Labute approximate surface area is 428 Å². The van der Waals surface area contributed by atoms with E-state index in [1.165, 1.54) is 0 Å². The van der Waals surface area contributed by atoms with E-state index in [2.05, 4.69) is 41.8 Å². The summed E-state index contributed by atoms with van der Waals surface area (Å²) >= 11 is 0. The van der Waals surface area contributed by atoms with E-state index in [4.69, 9.17) is 0 Å². The molecule has 0 spiro atoms. The Balaban J connectivity index is 0. The van der Waals surface area contributed by atoms with E-state index in [9.17, 15) is 130 Å². The van der Waals surface area contributed by atoms with Crippen molar-refractivity contribution in [1.82, 2.24) is 0 Å². The molecule has 0 radical (unpaired) electrons. The molecular weight excluding hydrogens is 1220 g/mol. The third-order valence-electron chi connectivity index (χ3n) is 7.52. The molecule has 0 rings (SSSR count). The molecule has 0 aromatic carbocycles. The van der Waals surface area contributed by atoms with E-state index >= 15 is 0 Å². The average Bonchev–Trinajstić information content (AvgIpc) is 3.01. The van der Waals surface area contributed by atoms with Crippen LogP contribution in [0.5, 0.6) is 0 Å². The zero-order valence-corrected chi connectivity index (χ0v) is 42.4. The minimum atomic E-state index is -8.07. The Hall–Kier alpha value is -0.300. The van der Waals surface area contributed by atoms with Crippen LogP contribution >= 0.6 is 0 Å². The first-order valence-corrected chi connectivity index (χ1v) is 31.2. The van der Waals surface area contributed by atoms with Crippen molar-refractivity contribution in [2.75, 3.05) is 0 Å². The fraction of sp³-hybridized carbons (Fsp3) is 1.00. The van der Waals surface area contributed by atoms with Crippen LogP contribution in [0.25, 0.3) is 0 Å².